The van der Waals surface area contributed by atoms with Gasteiger partial charge >= 0.3 is 0 Å². The second-order valence-electron chi connectivity index (χ2n) is 6.57. The third-order valence-electron chi connectivity index (χ3n) is 5.23. The van der Waals surface area contributed by atoms with Crippen LogP contribution in [0.5, 0.6) is 5.75 Å². The molecule has 1 saturated heterocycles. The highest BCUT2D eigenvalue weighted by Gasteiger charge is 2.58. The standard InChI is InChI=1S/C19H16BrClN2O/c1-23-9-16(12-2-5-14(21)6-3-12)19(10-22)11-24-17-7-4-13(20)8-15(17)18(19)23/h2-8,16,18H,9,11H2,1H3/t16-,18+,19+/m0/s1. The fourth-order valence-electron chi connectivity index (χ4n) is 4.17. The summed E-state index contributed by atoms with van der Waals surface area (Å²) in [6.45, 7) is 1.22. The number of fused-ring (bicyclic) bond motifs is 3. The first kappa shape index (κ1) is 16.0. The van der Waals surface area contributed by atoms with Gasteiger partial charge in [-0.15, -0.1) is 0 Å². The molecule has 0 unspecified atom stereocenters. The number of likely N-dealkylation sites (tertiary alicyclic amines) is 1. The Hall–Kier alpha value is -1.54. The van der Waals surface area contributed by atoms with Gasteiger partial charge in [0.2, 0.25) is 0 Å². The van der Waals surface area contributed by atoms with E-state index in [0.29, 0.717) is 11.6 Å². The van der Waals surface area contributed by atoms with Crippen LogP contribution < -0.4 is 4.74 Å². The zero-order valence-electron chi connectivity index (χ0n) is 13.2. The van der Waals surface area contributed by atoms with E-state index in [1.54, 1.807) is 0 Å². The molecule has 0 radical (unpaired) electrons. The summed E-state index contributed by atoms with van der Waals surface area (Å²) in [6, 6.07) is 16.5. The van der Waals surface area contributed by atoms with Gasteiger partial charge in [-0.3, -0.25) is 4.90 Å². The molecule has 5 heteroatoms. The summed E-state index contributed by atoms with van der Waals surface area (Å²) < 4.78 is 7.02. The molecule has 2 aliphatic rings. The number of ether oxygens (including phenoxy) is 1. The number of likely N-dealkylation sites (N-methyl/N-ethyl adjacent to an activating group) is 1. The molecule has 2 heterocycles. The number of rotatable bonds is 1. The Bertz CT molecular complexity index is 832. The van der Waals surface area contributed by atoms with E-state index in [0.717, 1.165) is 27.9 Å². The smallest absolute Gasteiger partial charge is 0.124 e. The summed E-state index contributed by atoms with van der Waals surface area (Å²) in [4.78, 5) is 2.27. The fourth-order valence-corrected chi connectivity index (χ4v) is 4.67. The SMILES string of the molecule is CN1C[C@@H](c2ccc(Cl)cc2)[C@@]2(C#N)COc3ccc(Br)cc3[C@@H]12. The maximum Gasteiger partial charge on any atom is 0.124 e. The van der Waals surface area contributed by atoms with Crippen LogP contribution in [0.4, 0.5) is 0 Å². The van der Waals surface area contributed by atoms with Crippen molar-refractivity contribution >= 4 is 27.5 Å². The predicted octanol–water partition coefficient (Wildman–Crippen LogP) is 4.78. The van der Waals surface area contributed by atoms with Gasteiger partial charge in [-0.1, -0.05) is 39.7 Å². The lowest BCUT2D eigenvalue weighted by Gasteiger charge is -2.39. The van der Waals surface area contributed by atoms with Crippen LogP contribution in [-0.2, 0) is 0 Å². The minimum absolute atomic E-state index is 0.0180. The minimum Gasteiger partial charge on any atom is -0.491 e. The first-order valence-corrected chi connectivity index (χ1v) is 9.01. The Morgan fingerprint density at radius 3 is 2.75 bits per heavy atom. The summed E-state index contributed by atoms with van der Waals surface area (Å²) in [6.07, 6.45) is 0. The molecule has 0 saturated carbocycles. The highest BCUT2D eigenvalue weighted by molar-refractivity contribution is 9.10. The molecule has 3 atom stereocenters. The Morgan fingerprint density at radius 2 is 2.04 bits per heavy atom. The van der Waals surface area contributed by atoms with Gasteiger partial charge in [-0.05, 0) is 42.9 Å². The maximum atomic E-state index is 10.2. The molecule has 0 aliphatic carbocycles. The van der Waals surface area contributed by atoms with Crippen molar-refractivity contribution in [1.29, 1.82) is 5.26 Å². The van der Waals surface area contributed by atoms with Crippen LogP contribution >= 0.6 is 27.5 Å². The van der Waals surface area contributed by atoms with Crippen molar-refractivity contribution < 1.29 is 4.74 Å². The molecule has 3 nitrogen and oxygen atoms in total. The molecule has 2 aliphatic heterocycles. The van der Waals surface area contributed by atoms with Crippen molar-refractivity contribution in [2.45, 2.75) is 12.0 Å². The van der Waals surface area contributed by atoms with Crippen LogP contribution in [0.15, 0.2) is 46.9 Å². The lowest BCUT2D eigenvalue weighted by Crippen LogP contribution is -2.40. The van der Waals surface area contributed by atoms with E-state index in [4.69, 9.17) is 16.3 Å². The third-order valence-corrected chi connectivity index (χ3v) is 5.98. The van der Waals surface area contributed by atoms with E-state index in [9.17, 15) is 5.26 Å². The highest BCUT2D eigenvalue weighted by Crippen LogP contribution is 2.58. The number of halogens is 2. The molecule has 4 rings (SSSR count). The summed E-state index contributed by atoms with van der Waals surface area (Å²) >= 11 is 9.58. The van der Waals surface area contributed by atoms with Crippen LogP contribution in [-0.4, -0.2) is 25.1 Å². The third kappa shape index (κ3) is 2.27. The van der Waals surface area contributed by atoms with E-state index in [-0.39, 0.29) is 12.0 Å². The number of hydrogen-bond acceptors (Lipinski definition) is 3. The Balaban J connectivity index is 1.85. The first-order valence-electron chi connectivity index (χ1n) is 7.84. The normalized spacial score (nSPS) is 28.6. The summed E-state index contributed by atoms with van der Waals surface area (Å²) in [7, 11) is 2.09. The molecule has 2 aromatic carbocycles. The van der Waals surface area contributed by atoms with Gasteiger partial charge in [0.15, 0.2) is 0 Å². The average Bonchev–Trinajstić information content (AvgIpc) is 2.89. The summed E-state index contributed by atoms with van der Waals surface area (Å²) in [5.74, 6) is 0.958. The quantitative estimate of drug-likeness (QED) is 0.688. The van der Waals surface area contributed by atoms with Crippen LogP contribution in [0, 0.1) is 16.7 Å². The van der Waals surface area contributed by atoms with E-state index in [1.807, 2.05) is 36.4 Å². The number of benzene rings is 2. The lowest BCUT2D eigenvalue weighted by molar-refractivity contribution is 0.107. The van der Waals surface area contributed by atoms with Crippen molar-refractivity contribution in [2.75, 3.05) is 20.2 Å². The Kier molecular flexibility index (Phi) is 3.84. The molecule has 2 aromatic rings. The van der Waals surface area contributed by atoms with Gasteiger partial charge in [0.05, 0.1) is 12.1 Å². The molecule has 24 heavy (non-hydrogen) atoms. The Morgan fingerprint density at radius 1 is 1.29 bits per heavy atom. The van der Waals surface area contributed by atoms with Crippen molar-refractivity contribution in [3.63, 3.8) is 0 Å². The molecule has 1 fully saturated rings. The van der Waals surface area contributed by atoms with E-state index in [2.05, 4.69) is 40.0 Å². The van der Waals surface area contributed by atoms with Crippen molar-refractivity contribution in [1.82, 2.24) is 4.90 Å². The molecule has 0 amide bonds. The lowest BCUT2D eigenvalue weighted by atomic mass is 9.69. The van der Waals surface area contributed by atoms with Crippen molar-refractivity contribution in [2.24, 2.45) is 5.41 Å². The maximum absolute atomic E-state index is 10.2. The monoisotopic (exact) mass is 402 g/mol. The van der Waals surface area contributed by atoms with Crippen LogP contribution in [0.2, 0.25) is 5.02 Å². The molecule has 0 bridgehead atoms. The average molecular weight is 404 g/mol. The first-order chi connectivity index (χ1) is 11.5. The molecular weight excluding hydrogens is 388 g/mol. The van der Waals surface area contributed by atoms with Crippen LogP contribution in [0.1, 0.15) is 23.1 Å². The van der Waals surface area contributed by atoms with Gasteiger partial charge in [-0.25, -0.2) is 0 Å². The van der Waals surface area contributed by atoms with Crippen LogP contribution in [0.3, 0.4) is 0 Å². The van der Waals surface area contributed by atoms with Crippen molar-refractivity contribution in [3.05, 3.63) is 63.1 Å². The molecule has 0 spiro atoms. The van der Waals surface area contributed by atoms with Gasteiger partial charge in [-0.2, -0.15) is 5.26 Å². The van der Waals surface area contributed by atoms with Gasteiger partial charge < -0.3 is 4.74 Å². The zero-order chi connectivity index (χ0) is 16.9. The largest absolute Gasteiger partial charge is 0.491 e. The number of hydrogen-bond donors (Lipinski definition) is 0. The van der Waals surface area contributed by atoms with Gasteiger partial charge in [0.25, 0.3) is 0 Å². The second kappa shape index (κ2) is 5.77. The summed E-state index contributed by atoms with van der Waals surface area (Å²) in [5.41, 5.74) is 1.62. The number of nitrogens with zero attached hydrogens (tertiary/aromatic N) is 2. The zero-order valence-corrected chi connectivity index (χ0v) is 15.5. The highest BCUT2D eigenvalue weighted by atomic mass is 79.9. The fraction of sp³-hybridized carbons (Fsp3) is 0.316. The minimum atomic E-state index is -0.601. The van der Waals surface area contributed by atoms with Crippen molar-refractivity contribution in [3.8, 4) is 11.8 Å². The predicted molar refractivity (Wildman–Crippen MR) is 97.2 cm³/mol. The van der Waals surface area contributed by atoms with Gasteiger partial charge in [0, 0.05) is 27.5 Å². The van der Waals surface area contributed by atoms with E-state index in [1.165, 1.54) is 0 Å². The molecule has 122 valence electrons. The Labute approximate surface area is 154 Å². The molecule has 0 N–H and O–H groups in total. The topological polar surface area (TPSA) is 36.3 Å². The second-order valence-corrected chi connectivity index (χ2v) is 7.92. The molecule has 0 aromatic heterocycles. The number of nitriles is 1. The van der Waals surface area contributed by atoms with Gasteiger partial charge in [0.1, 0.15) is 17.8 Å². The molecular formula is C19H16BrClN2O. The van der Waals surface area contributed by atoms with Crippen LogP contribution in [0.25, 0.3) is 0 Å². The van der Waals surface area contributed by atoms with E-state index < -0.39 is 5.41 Å². The summed E-state index contributed by atoms with van der Waals surface area (Å²) in [5, 5.41) is 10.9. The van der Waals surface area contributed by atoms with E-state index >= 15 is 0 Å².